The number of nitrogens with two attached hydrogens (primary N) is 1. The van der Waals surface area contributed by atoms with Gasteiger partial charge in [0.05, 0.1) is 28.5 Å². The van der Waals surface area contributed by atoms with Gasteiger partial charge in [0, 0.05) is 6.20 Å². The zero-order chi connectivity index (χ0) is 17.9. The fourth-order valence-corrected chi connectivity index (χ4v) is 2.38. The minimum Gasteiger partial charge on any atom is -0.391 e. The van der Waals surface area contributed by atoms with Gasteiger partial charge in [-0.1, -0.05) is 0 Å². The number of hydrogen-bond acceptors (Lipinski definition) is 8. The fraction of sp³-hybridized carbons (Fsp3) is 0.308. The second kappa shape index (κ2) is 7.38. The second-order valence-electron chi connectivity index (χ2n) is 5.12. The molecule has 9 nitrogen and oxygen atoms in total. The summed E-state index contributed by atoms with van der Waals surface area (Å²) in [6, 6.07) is 2.58. The highest BCUT2D eigenvalue weighted by Gasteiger charge is 2.13. The molecule has 0 saturated heterocycles. The second-order valence-corrected chi connectivity index (χ2v) is 7.48. The van der Waals surface area contributed by atoms with E-state index in [0.29, 0.717) is 16.0 Å². The lowest BCUT2D eigenvalue weighted by molar-refractivity contribution is 0.177. The molecule has 0 unspecified atom stereocenters. The first-order chi connectivity index (χ1) is 11.2. The number of aliphatic hydroxyl groups is 1. The molecule has 0 aromatic carbocycles. The van der Waals surface area contributed by atoms with Crippen molar-refractivity contribution in [3.63, 3.8) is 0 Å². The van der Waals surface area contributed by atoms with Crippen molar-refractivity contribution in [3.8, 4) is 0 Å². The largest absolute Gasteiger partial charge is 0.391 e. The molecule has 0 aliphatic carbocycles. The number of nitrogens with one attached hydrogen (secondary N) is 2. The first-order valence-corrected chi connectivity index (χ1v) is 9.24. The lowest BCUT2D eigenvalue weighted by atomic mass is 10.2. The number of aliphatic hydroxyl groups excluding tert-OH is 1. The molecule has 0 fully saturated rings. The number of nitrogens with zero attached hydrogens (tertiary/aromatic N) is 3. The molecule has 0 aliphatic rings. The molecule has 2 atom stereocenters. The van der Waals surface area contributed by atoms with Gasteiger partial charge in [0.1, 0.15) is 5.82 Å². The van der Waals surface area contributed by atoms with Gasteiger partial charge in [-0.15, -0.1) is 0 Å². The zero-order valence-corrected chi connectivity index (χ0v) is 15.3. The van der Waals surface area contributed by atoms with Crippen LogP contribution in [0, 0.1) is 0 Å². The summed E-state index contributed by atoms with van der Waals surface area (Å²) in [5.74, 6) is 0.790. The fourth-order valence-electron chi connectivity index (χ4n) is 1.62. The molecule has 0 spiro atoms. The van der Waals surface area contributed by atoms with Crippen LogP contribution >= 0.6 is 15.9 Å². The average Bonchev–Trinajstić information content (AvgIpc) is 2.50. The molecule has 0 radical (unpaired) electrons. The van der Waals surface area contributed by atoms with Gasteiger partial charge in [-0.3, -0.25) is 0 Å². The van der Waals surface area contributed by atoms with Gasteiger partial charge in [-0.25, -0.2) is 23.5 Å². The third-order valence-electron chi connectivity index (χ3n) is 3.12. The lowest BCUT2D eigenvalue weighted by Gasteiger charge is -2.18. The highest BCUT2D eigenvalue weighted by molar-refractivity contribution is 9.10. The van der Waals surface area contributed by atoms with Crippen LogP contribution in [0.15, 0.2) is 34.0 Å². The Morgan fingerprint density at radius 1 is 1.25 bits per heavy atom. The van der Waals surface area contributed by atoms with Crippen LogP contribution in [0.5, 0.6) is 0 Å². The van der Waals surface area contributed by atoms with E-state index in [1.54, 1.807) is 13.1 Å². The minimum absolute atomic E-state index is 0.209. The van der Waals surface area contributed by atoms with E-state index in [-0.39, 0.29) is 17.0 Å². The lowest BCUT2D eigenvalue weighted by Crippen LogP contribution is -2.28. The van der Waals surface area contributed by atoms with Crippen molar-refractivity contribution in [1.82, 2.24) is 15.0 Å². The van der Waals surface area contributed by atoms with Crippen LogP contribution in [0.1, 0.15) is 13.8 Å². The first-order valence-electron chi connectivity index (χ1n) is 6.90. The Labute approximate surface area is 147 Å². The highest BCUT2D eigenvalue weighted by atomic mass is 79.9. The summed E-state index contributed by atoms with van der Waals surface area (Å²) in [4.78, 5) is 12.2. The third kappa shape index (κ3) is 4.84. The molecule has 0 aliphatic heterocycles. The number of primary sulfonamides is 1. The predicted molar refractivity (Wildman–Crippen MR) is 93.4 cm³/mol. The van der Waals surface area contributed by atoms with E-state index in [1.807, 2.05) is 6.92 Å². The molecule has 2 aromatic heterocycles. The van der Waals surface area contributed by atoms with Crippen LogP contribution in [-0.2, 0) is 10.0 Å². The highest BCUT2D eigenvalue weighted by Crippen LogP contribution is 2.23. The van der Waals surface area contributed by atoms with E-state index in [9.17, 15) is 13.5 Å². The molecule has 130 valence electrons. The normalized spacial score (nSPS) is 14.0. The molecule has 0 bridgehead atoms. The van der Waals surface area contributed by atoms with Crippen LogP contribution in [0.2, 0.25) is 0 Å². The van der Waals surface area contributed by atoms with Crippen molar-refractivity contribution in [3.05, 3.63) is 29.0 Å². The van der Waals surface area contributed by atoms with Gasteiger partial charge in [-0.2, -0.15) is 4.98 Å². The summed E-state index contributed by atoms with van der Waals surface area (Å²) in [6.45, 7) is 3.49. The van der Waals surface area contributed by atoms with Crippen molar-refractivity contribution < 1.29 is 13.5 Å². The van der Waals surface area contributed by atoms with Gasteiger partial charge in [-0.05, 0) is 41.9 Å². The SMILES string of the molecule is C[C@@H](O)[C@@H](C)Nc1nc(Nc2ccc(S(N)(=O)=O)nc2)ncc1Br. The van der Waals surface area contributed by atoms with Crippen molar-refractivity contribution in [2.24, 2.45) is 5.14 Å². The van der Waals surface area contributed by atoms with Gasteiger partial charge >= 0.3 is 0 Å². The molecule has 11 heteroatoms. The Morgan fingerprint density at radius 2 is 1.96 bits per heavy atom. The van der Waals surface area contributed by atoms with E-state index in [0.717, 1.165) is 0 Å². The number of sulfonamides is 1. The molecule has 24 heavy (non-hydrogen) atoms. The van der Waals surface area contributed by atoms with Crippen LogP contribution in [0.3, 0.4) is 0 Å². The molecule has 0 saturated carbocycles. The first kappa shape index (κ1) is 18.5. The molecule has 2 aromatic rings. The number of aromatic nitrogens is 3. The van der Waals surface area contributed by atoms with Gasteiger partial charge in [0.2, 0.25) is 5.95 Å². The van der Waals surface area contributed by atoms with Crippen molar-refractivity contribution in [2.75, 3.05) is 10.6 Å². The molecular formula is C13H17BrN6O3S. The topological polar surface area (TPSA) is 143 Å². The number of pyridine rings is 1. The minimum atomic E-state index is -3.84. The summed E-state index contributed by atoms with van der Waals surface area (Å²) in [5.41, 5.74) is 0.499. The van der Waals surface area contributed by atoms with Crippen LogP contribution < -0.4 is 15.8 Å². The number of anilines is 3. The summed E-state index contributed by atoms with van der Waals surface area (Å²) >= 11 is 3.34. The molecule has 2 rings (SSSR count). The zero-order valence-electron chi connectivity index (χ0n) is 12.9. The van der Waals surface area contributed by atoms with E-state index >= 15 is 0 Å². The van der Waals surface area contributed by atoms with Gasteiger partial charge < -0.3 is 15.7 Å². The number of halogens is 1. The monoisotopic (exact) mass is 416 g/mol. The molecule has 5 N–H and O–H groups in total. The van der Waals surface area contributed by atoms with E-state index in [4.69, 9.17) is 5.14 Å². The van der Waals surface area contributed by atoms with Crippen LogP contribution in [0.4, 0.5) is 17.5 Å². The van der Waals surface area contributed by atoms with E-state index < -0.39 is 16.1 Å². The quantitative estimate of drug-likeness (QED) is 0.549. The van der Waals surface area contributed by atoms with E-state index in [2.05, 4.69) is 41.5 Å². The predicted octanol–water partition coefficient (Wildman–Crippen LogP) is 1.21. The summed E-state index contributed by atoms with van der Waals surface area (Å²) in [6.07, 6.45) is 2.31. The average molecular weight is 417 g/mol. The molecular weight excluding hydrogens is 400 g/mol. The van der Waals surface area contributed by atoms with E-state index in [1.165, 1.54) is 18.3 Å². The maximum absolute atomic E-state index is 11.2. The molecule has 2 heterocycles. The maximum Gasteiger partial charge on any atom is 0.255 e. The summed E-state index contributed by atoms with van der Waals surface area (Å²) < 4.78 is 23.0. The maximum atomic E-state index is 11.2. The Bertz CT molecular complexity index is 813. The Hall–Kier alpha value is -1.82. The molecule has 0 amide bonds. The third-order valence-corrected chi connectivity index (χ3v) is 4.52. The van der Waals surface area contributed by atoms with Crippen molar-refractivity contribution in [2.45, 2.75) is 31.0 Å². The van der Waals surface area contributed by atoms with Crippen LogP contribution in [0.25, 0.3) is 0 Å². The van der Waals surface area contributed by atoms with Gasteiger partial charge in [0.15, 0.2) is 5.03 Å². The summed E-state index contributed by atoms with van der Waals surface area (Å²) in [5, 5.41) is 20.3. The Balaban J connectivity index is 2.18. The van der Waals surface area contributed by atoms with Crippen LogP contribution in [-0.4, -0.2) is 40.6 Å². The standard InChI is InChI=1S/C13H17BrN6O3S/c1-7(8(2)21)18-12-10(14)6-17-13(20-12)19-9-3-4-11(16-5-9)24(15,22)23/h3-8,21H,1-2H3,(H2,15,22,23)(H2,17,18,19,20)/t7-,8-/m1/s1. The summed E-state index contributed by atoms with van der Waals surface area (Å²) in [7, 11) is -3.84. The Morgan fingerprint density at radius 3 is 2.50 bits per heavy atom. The van der Waals surface area contributed by atoms with Gasteiger partial charge in [0.25, 0.3) is 10.0 Å². The Kier molecular flexibility index (Phi) is 5.70. The number of rotatable bonds is 6. The smallest absolute Gasteiger partial charge is 0.255 e. The van der Waals surface area contributed by atoms with Crippen molar-refractivity contribution >= 4 is 43.4 Å². The van der Waals surface area contributed by atoms with Crippen molar-refractivity contribution in [1.29, 1.82) is 0 Å². The number of hydrogen-bond donors (Lipinski definition) is 4.